The van der Waals surface area contributed by atoms with Crippen LogP contribution in [0.3, 0.4) is 0 Å². The van der Waals surface area contributed by atoms with Crippen LogP contribution < -0.4 is 11.1 Å². The number of amides is 1. The van der Waals surface area contributed by atoms with Gasteiger partial charge in [-0.2, -0.15) is 0 Å². The quantitative estimate of drug-likeness (QED) is 0.835. The van der Waals surface area contributed by atoms with Crippen molar-refractivity contribution in [1.82, 2.24) is 10.3 Å². The van der Waals surface area contributed by atoms with Gasteiger partial charge in [0.25, 0.3) is 0 Å². The van der Waals surface area contributed by atoms with Gasteiger partial charge in [0.2, 0.25) is 5.91 Å². The van der Waals surface area contributed by atoms with Crippen LogP contribution >= 0.6 is 11.3 Å². The predicted octanol–water partition coefficient (Wildman–Crippen LogP) is 1.49. The fourth-order valence-corrected chi connectivity index (χ4v) is 2.57. The molecule has 1 aliphatic carbocycles. The summed E-state index contributed by atoms with van der Waals surface area (Å²) >= 11 is 1.62. The maximum Gasteiger partial charge on any atom is 0.240 e. The minimum absolute atomic E-state index is 0.0385. The van der Waals surface area contributed by atoms with Gasteiger partial charge in [-0.3, -0.25) is 4.79 Å². The summed E-state index contributed by atoms with van der Waals surface area (Å²) in [5, 5.41) is 5.94. The Kier molecular flexibility index (Phi) is 3.49. The van der Waals surface area contributed by atoms with Gasteiger partial charge in [0.1, 0.15) is 0 Å². The molecule has 0 aromatic carbocycles. The van der Waals surface area contributed by atoms with Crippen molar-refractivity contribution >= 4 is 17.2 Å². The Hall–Kier alpha value is -0.940. The standard InChI is InChI=1S/C12H19N3OS/c1-8(10-14-5-6-17-10)7-15-11(16)12(2,13)9-3-4-9/h5-6,8-9H,3-4,7,13H2,1-2H3,(H,15,16). The van der Waals surface area contributed by atoms with Crippen LogP contribution in [0.2, 0.25) is 0 Å². The molecule has 3 N–H and O–H groups in total. The number of carbonyl (C=O) groups is 1. The molecule has 1 amide bonds. The van der Waals surface area contributed by atoms with E-state index in [2.05, 4.69) is 17.2 Å². The normalized spacial score (nSPS) is 20.6. The molecule has 0 bridgehead atoms. The molecule has 0 saturated heterocycles. The summed E-state index contributed by atoms with van der Waals surface area (Å²) in [4.78, 5) is 16.2. The lowest BCUT2D eigenvalue weighted by atomic mass is 9.96. The molecule has 2 unspecified atom stereocenters. The summed E-state index contributed by atoms with van der Waals surface area (Å²) < 4.78 is 0. The van der Waals surface area contributed by atoms with Gasteiger partial charge in [0.05, 0.1) is 10.5 Å². The lowest BCUT2D eigenvalue weighted by Crippen LogP contribution is -2.53. The monoisotopic (exact) mass is 253 g/mol. The van der Waals surface area contributed by atoms with E-state index in [0.717, 1.165) is 17.8 Å². The van der Waals surface area contributed by atoms with Gasteiger partial charge in [-0.25, -0.2) is 4.98 Å². The van der Waals surface area contributed by atoms with Crippen LogP contribution in [0.15, 0.2) is 11.6 Å². The molecule has 94 valence electrons. The van der Waals surface area contributed by atoms with E-state index in [1.807, 2.05) is 12.3 Å². The third-order valence-electron chi connectivity index (χ3n) is 3.36. The van der Waals surface area contributed by atoms with Crippen LogP contribution in [0.5, 0.6) is 0 Å². The van der Waals surface area contributed by atoms with Gasteiger partial charge >= 0.3 is 0 Å². The average molecular weight is 253 g/mol. The molecule has 0 aliphatic heterocycles. The molecule has 4 nitrogen and oxygen atoms in total. The Bertz CT molecular complexity index is 384. The van der Waals surface area contributed by atoms with Crippen molar-refractivity contribution < 1.29 is 4.79 Å². The highest BCUT2D eigenvalue weighted by Crippen LogP contribution is 2.38. The van der Waals surface area contributed by atoms with E-state index in [-0.39, 0.29) is 11.8 Å². The molecule has 1 fully saturated rings. The Morgan fingerprint density at radius 2 is 2.47 bits per heavy atom. The van der Waals surface area contributed by atoms with E-state index in [4.69, 9.17) is 5.73 Å². The number of nitrogens with one attached hydrogen (secondary N) is 1. The first-order valence-corrected chi connectivity index (χ1v) is 6.86. The van der Waals surface area contributed by atoms with E-state index in [1.165, 1.54) is 0 Å². The number of rotatable bonds is 5. The first kappa shape index (κ1) is 12.5. The summed E-state index contributed by atoms with van der Waals surface area (Å²) in [5.41, 5.74) is 5.34. The second-order valence-corrected chi connectivity index (χ2v) is 5.96. The summed E-state index contributed by atoms with van der Waals surface area (Å²) in [7, 11) is 0. The number of hydrogen-bond donors (Lipinski definition) is 2. The SMILES string of the molecule is CC(CNC(=O)C(C)(N)C1CC1)c1nccs1. The second-order valence-electron chi connectivity index (χ2n) is 5.04. The average Bonchev–Trinajstić information content (AvgIpc) is 3.02. The first-order valence-electron chi connectivity index (χ1n) is 5.98. The maximum atomic E-state index is 12.0. The number of hydrogen-bond acceptors (Lipinski definition) is 4. The number of nitrogens with two attached hydrogens (primary N) is 1. The minimum Gasteiger partial charge on any atom is -0.354 e. The topological polar surface area (TPSA) is 68.0 Å². The molecule has 2 atom stereocenters. The maximum absolute atomic E-state index is 12.0. The Morgan fingerprint density at radius 1 is 1.76 bits per heavy atom. The molecule has 0 radical (unpaired) electrons. The van der Waals surface area contributed by atoms with Crippen molar-refractivity contribution in [3.05, 3.63) is 16.6 Å². The van der Waals surface area contributed by atoms with E-state index in [9.17, 15) is 4.79 Å². The van der Waals surface area contributed by atoms with Gasteiger partial charge in [-0.05, 0) is 25.7 Å². The molecular formula is C12H19N3OS. The zero-order valence-electron chi connectivity index (χ0n) is 10.3. The molecule has 1 heterocycles. The molecule has 1 saturated carbocycles. The van der Waals surface area contributed by atoms with Crippen LogP contribution in [0.1, 0.15) is 37.6 Å². The molecule has 1 aliphatic rings. The van der Waals surface area contributed by atoms with E-state index in [1.54, 1.807) is 17.5 Å². The van der Waals surface area contributed by atoms with Gasteiger partial charge in [0, 0.05) is 24.0 Å². The molecular weight excluding hydrogens is 234 g/mol. The molecule has 1 aromatic heterocycles. The molecule has 1 aromatic rings. The first-order chi connectivity index (χ1) is 8.01. The van der Waals surface area contributed by atoms with Crippen molar-refractivity contribution in [2.24, 2.45) is 11.7 Å². The lowest BCUT2D eigenvalue weighted by molar-refractivity contribution is -0.126. The number of nitrogens with zero attached hydrogens (tertiary/aromatic N) is 1. The Morgan fingerprint density at radius 3 is 3.00 bits per heavy atom. The number of thiazole rings is 1. The van der Waals surface area contributed by atoms with Crippen LogP contribution in [-0.4, -0.2) is 23.0 Å². The largest absolute Gasteiger partial charge is 0.354 e. The summed E-state index contributed by atoms with van der Waals surface area (Å²) in [6.07, 6.45) is 3.93. The lowest BCUT2D eigenvalue weighted by Gasteiger charge is -2.24. The Balaban J connectivity index is 1.84. The Labute approximate surface area is 106 Å². The number of aromatic nitrogens is 1. The van der Waals surface area contributed by atoms with Crippen molar-refractivity contribution in [1.29, 1.82) is 0 Å². The second kappa shape index (κ2) is 4.74. The third-order valence-corrected chi connectivity index (χ3v) is 4.36. The van der Waals surface area contributed by atoms with Crippen molar-refractivity contribution in [2.75, 3.05) is 6.54 Å². The zero-order valence-corrected chi connectivity index (χ0v) is 11.1. The molecule has 2 rings (SSSR count). The van der Waals surface area contributed by atoms with E-state index in [0.29, 0.717) is 12.5 Å². The highest BCUT2D eigenvalue weighted by molar-refractivity contribution is 7.09. The highest BCUT2D eigenvalue weighted by Gasteiger charge is 2.43. The summed E-state index contributed by atoms with van der Waals surface area (Å²) in [6, 6.07) is 0. The fourth-order valence-electron chi connectivity index (χ4n) is 1.87. The van der Waals surface area contributed by atoms with Crippen LogP contribution in [0.4, 0.5) is 0 Å². The van der Waals surface area contributed by atoms with Crippen LogP contribution in [0.25, 0.3) is 0 Å². The van der Waals surface area contributed by atoms with Gasteiger partial charge in [-0.15, -0.1) is 11.3 Å². The minimum atomic E-state index is -0.706. The van der Waals surface area contributed by atoms with Gasteiger partial charge < -0.3 is 11.1 Å². The zero-order chi connectivity index (χ0) is 12.5. The molecule has 0 spiro atoms. The van der Waals surface area contributed by atoms with E-state index >= 15 is 0 Å². The predicted molar refractivity (Wildman–Crippen MR) is 68.9 cm³/mol. The van der Waals surface area contributed by atoms with Crippen LogP contribution in [-0.2, 0) is 4.79 Å². The molecule has 5 heteroatoms. The van der Waals surface area contributed by atoms with Crippen molar-refractivity contribution in [2.45, 2.75) is 38.1 Å². The van der Waals surface area contributed by atoms with Gasteiger partial charge in [0.15, 0.2) is 0 Å². The molecule has 17 heavy (non-hydrogen) atoms. The van der Waals surface area contributed by atoms with Crippen LogP contribution in [0, 0.1) is 5.92 Å². The van der Waals surface area contributed by atoms with Gasteiger partial charge in [-0.1, -0.05) is 6.92 Å². The third kappa shape index (κ3) is 2.84. The fraction of sp³-hybridized carbons (Fsp3) is 0.667. The van der Waals surface area contributed by atoms with E-state index < -0.39 is 5.54 Å². The highest BCUT2D eigenvalue weighted by atomic mass is 32.1. The van der Waals surface area contributed by atoms with Crippen molar-refractivity contribution in [3.63, 3.8) is 0 Å². The number of carbonyl (C=O) groups excluding carboxylic acids is 1. The van der Waals surface area contributed by atoms with Crippen molar-refractivity contribution in [3.8, 4) is 0 Å². The smallest absolute Gasteiger partial charge is 0.240 e. The summed E-state index contributed by atoms with van der Waals surface area (Å²) in [6.45, 7) is 4.49. The summed E-state index contributed by atoms with van der Waals surface area (Å²) in [5.74, 6) is 0.565.